The van der Waals surface area contributed by atoms with Gasteiger partial charge in [-0.05, 0) is 48.9 Å². The number of fused-ring (bicyclic) bond motifs is 2. The van der Waals surface area contributed by atoms with E-state index in [0.29, 0.717) is 16.9 Å². The van der Waals surface area contributed by atoms with Gasteiger partial charge in [-0.25, -0.2) is 9.78 Å². The van der Waals surface area contributed by atoms with Crippen molar-refractivity contribution in [2.45, 2.75) is 19.5 Å². The normalized spacial score (nSPS) is 13.3. The smallest absolute Gasteiger partial charge is 0.352 e. The van der Waals surface area contributed by atoms with Gasteiger partial charge in [0, 0.05) is 34.1 Å². The largest absolute Gasteiger partial charge is 0.493 e. The summed E-state index contributed by atoms with van der Waals surface area (Å²) in [5, 5.41) is 6.64. The first-order valence-corrected chi connectivity index (χ1v) is 11.7. The van der Waals surface area contributed by atoms with Crippen molar-refractivity contribution in [3.63, 3.8) is 0 Å². The van der Waals surface area contributed by atoms with Crippen molar-refractivity contribution in [1.29, 1.82) is 0 Å². The third kappa shape index (κ3) is 4.41. The van der Waals surface area contributed by atoms with E-state index in [0.717, 1.165) is 25.8 Å². The highest BCUT2D eigenvalue weighted by atomic mass is 79.9. The summed E-state index contributed by atoms with van der Waals surface area (Å²) in [5.74, 6) is -2.29. The first-order chi connectivity index (χ1) is 17.1. The summed E-state index contributed by atoms with van der Waals surface area (Å²) in [4.78, 5) is 33.8. The molecule has 4 aromatic rings. The van der Waals surface area contributed by atoms with Gasteiger partial charge in [0.05, 0.1) is 22.5 Å². The molecule has 0 atom stereocenters. The van der Waals surface area contributed by atoms with Gasteiger partial charge >= 0.3 is 12.1 Å². The number of nitrogens with zero attached hydrogens (tertiary/aromatic N) is 2. The summed E-state index contributed by atoms with van der Waals surface area (Å²) < 4.78 is 41.0. The number of alkyl halides is 3. The third-order valence-electron chi connectivity index (χ3n) is 5.77. The van der Waals surface area contributed by atoms with Crippen LogP contribution in [0.25, 0.3) is 22.2 Å². The number of aromatic nitrogens is 2. The number of rotatable bonds is 4. The molecule has 2 aromatic carbocycles. The predicted octanol–water partition coefficient (Wildman–Crippen LogP) is 5.32. The van der Waals surface area contributed by atoms with Crippen LogP contribution in [0.15, 0.2) is 59.1 Å². The van der Waals surface area contributed by atoms with Crippen molar-refractivity contribution < 1.29 is 27.6 Å². The van der Waals surface area contributed by atoms with Gasteiger partial charge in [-0.1, -0.05) is 34.1 Å². The fraction of sp³-hybridized carbons (Fsp3) is 0.160. The Morgan fingerprint density at radius 2 is 1.89 bits per heavy atom. The van der Waals surface area contributed by atoms with Gasteiger partial charge in [0.15, 0.2) is 0 Å². The lowest BCUT2D eigenvalue weighted by Crippen LogP contribution is -2.37. The molecule has 5 rings (SSSR count). The average Bonchev–Trinajstić information content (AvgIpc) is 3.19. The molecule has 1 aliphatic rings. The van der Waals surface area contributed by atoms with Gasteiger partial charge < -0.3 is 15.5 Å². The van der Waals surface area contributed by atoms with E-state index in [2.05, 4.69) is 26.6 Å². The molecule has 2 N–H and O–H groups in total. The average molecular weight is 559 g/mol. The minimum absolute atomic E-state index is 0.117. The Morgan fingerprint density at radius 1 is 1.14 bits per heavy atom. The number of benzene rings is 2. The molecule has 0 saturated heterocycles. The van der Waals surface area contributed by atoms with E-state index in [4.69, 9.17) is 9.82 Å². The first-order valence-electron chi connectivity index (χ1n) is 10.9. The maximum atomic E-state index is 13.1. The van der Waals surface area contributed by atoms with Gasteiger partial charge in [-0.3, -0.25) is 4.79 Å². The quantitative estimate of drug-likeness (QED) is 0.354. The zero-order valence-corrected chi connectivity index (χ0v) is 20.3. The van der Waals surface area contributed by atoms with Crippen LogP contribution in [0.1, 0.15) is 21.6 Å². The van der Waals surface area contributed by atoms with E-state index in [9.17, 15) is 22.8 Å². The lowest BCUT2D eigenvalue weighted by atomic mass is 10.0. The Kier molecular flexibility index (Phi) is 5.95. The Balaban J connectivity index is 1.67. The van der Waals surface area contributed by atoms with Crippen LogP contribution < -0.4 is 15.5 Å². The predicted molar refractivity (Wildman–Crippen MR) is 131 cm³/mol. The standard InChI is InChI=1S/C25H18BrF3N4O3/c1-13-11-14-3-2-4-17(21(14)32-22(13)31-16-7-5-15(26)6-8-16)20-12-18-19(9-10-30-23(18)34)33(20)36-24(35)25(27,28)29/h2-8,11-12H,9-10H2,1H3,(H,30,34)(H,31,32). The fourth-order valence-corrected chi connectivity index (χ4v) is 4.35. The summed E-state index contributed by atoms with van der Waals surface area (Å²) in [5.41, 5.74) is 2.95. The van der Waals surface area contributed by atoms with Crippen LogP contribution >= 0.6 is 15.9 Å². The van der Waals surface area contributed by atoms with Gasteiger partial charge in [-0.15, -0.1) is 0 Å². The van der Waals surface area contributed by atoms with Gasteiger partial charge in [-0.2, -0.15) is 17.9 Å². The van der Waals surface area contributed by atoms with Crippen LogP contribution in [0.3, 0.4) is 0 Å². The number of hydrogen-bond acceptors (Lipinski definition) is 5. The molecule has 0 spiro atoms. The highest BCUT2D eigenvalue weighted by Crippen LogP contribution is 2.34. The second-order valence-corrected chi connectivity index (χ2v) is 9.15. The van der Waals surface area contributed by atoms with Crippen LogP contribution in [0.5, 0.6) is 0 Å². The molecule has 36 heavy (non-hydrogen) atoms. The molecule has 184 valence electrons. The molecule has 3 heterocycles. The molecular formula is C25H18BrF3N4O3. The summed E-state index contributed by atoms with van der Waals surface area (Å²) in [7, 11) is 0. The van der Waals surface area contributed by atoms with Crippen molar-refractivity contribution in [1.82, 2.24) is 15.0 Å². The van der Waals surface area contributed by atoms with Gasteiger partial charge in [0.1, 0.15) is 5.82 Å². The Bertz CT molecular complexity index is 1510. The molecule has 1 amide bonds. The number of para-hydroxylation sites is 1. The Hall–Kier alpha value is -3.86. The number of pyridine rings is 1. The van der Waals surface area contributed by atoms with E-state index in [-0.39, 0.29) is 29.9 Å². The molecular weight excluding hydrogens is 541 g/mol. The van der Waals surface area contributed by atoms with Crippen molar-refractivity contribution in [2.75, 3.05) is 11.9 Å². The van der Waals surface area contributed by atoms with Crippen molar-refractivity contribution >= 4 is 50.2 Å². The number of anilines is 2. The van der Waals surface area contributed by atoms with Crippen LogP contribution in [0.2, 0.25) is 0 Å². The van der Waals surface area contributed by atoms with Crippen LogP contribution in [0.4, 0.5) is 24.7 Å². The second-order valence-electron chi connectivity index (χ2n) is 8.23. The lowest BCUT2D eigenvalue weighted by Gasteiger charge is -2.18. The molecule has 7 nitrogen and oxygen atoms in total. The molecule has 1 aliphatic heterocycles. The maximum Gasteiger partial charge on any atom is 0.493 e. The summed E-state index contributed by atoms with van der Waals surface area (Å²) in [6, 6.07) is 16.0. The van der Waals surface area contributed by atoms with E-state index in [1.54, 1.807) is 12.1 Å². The number of amides is 1. The molecule has 0 radical (unpaired) electrons. The summed E-state index contributed by atoms with van der Waals surface area (Å²) in [6.07, 6.45) is -5.01. The summed E-state index contributed by atoms with van der Waals surface area (Å²) >= 11 is 3.40. The molecule has 0 saturated carbocycles. The van der Waals surface area contributed by atoms with E-state index < -0.39 is 18.1 Å². The number of carbonyl (C=O) groups excluding carboxylic acids is 2. The molecule has 11 heteroatoms. The monoisotopic (exact) mass is 558 g/mol. The van der Waals surface area contributed by atoms with Gasteiger partial charge in [0.2, 0.25) is 0 Å². The Morgan fingerprint density at radius 3 is 2.61 bits per heavy atom. The third-order valence-corrected chi connectivity index (χ3v) is 6.30. The van der Waals surface area contributed by atoms with Crippen molar-refractivity contribution in [3.05, 3.63) is 75.9 Å². The maximum absolute atomic E-state index is 13.1. The van der Waals surface area contributed by atoms with E-state index in [1.165, 1.54) is 6.07 Å². The van der Waals surface area contributed by atoms with Crippen LogP contribution in [-0.2, 0) is 11.2 Å². The molecule has 0 aliphatic carbocycles. The number of aryl methyl sites for hydroxylation is 1. The zero-order valence-electron chi connectivity index (χ0n) is 18.7. The van der Waals surface area contributed by atoms with E-state index in [1.807, 2.05) is 43.3 Å². The number of carbonyl (C=O) groups is 2. The lowest BCUT2D eigenvalue weighted by molar-refractivity contribution is -0.199. The fourth-order valence-electron chi connectivity index (χ4n) is 4.09. The molecule has 0 fully saturated rings. The summed E-state index contributed by atoms with van der Waals surface area (Å²) in [6.45, 7) is 2.09. The van der Waals surface area contributed by atoms with Crippen molar-refractivity contribution in [2.24, 2.45) is 0 Å². The SMILES string of the molecule is Cc1cc2cccc(-c3cc4c(n3OC(=O)C(F)(F)F)CCNC4=O)c2nc1Nc1ccc(Br)cc1. The highest BCUT2D eigenvalue weighted by Gasteiger charge is 2.43. The van der Waals surface area contributed by atoms with E-state index >= 15 is 0 Å². The van der Waals surface area contributed by atoms with Crippen LogP contribution in [0, 0.1) is 6.92 Å². The topological polar surface area (TPSA) is 85.2 Å². The molecule has 0 bridgehead atoms. The first kappa shape index (κ1) is 23.9. The second kappa shape index (κ2) is 8.98. The number of hydrogen-bond donors (Lipinski definition) is 2. The minimum atomic E-state index is -5.21. The minimum Gasteiger partial charge on any atom is -0.352 e. The zero-order chi connectivity index (χ0) is 25.6. The molecule has 2 aromatic heterocycles. The number of nitrogens with one attached hydrogen (secondary N) is 2. The Labute approximate surface area is 211 Å². The highest BCUT2D eigenvalue weighted by molar-refractivity contribution is 9.10. The van der Waals surface area contributed by atoms with Gasteiger partial charge in [0.25, 0.3) is 5.91 Å². The van der Waals surface area contributed by atoms with Crippen molar-refractivity contribution in [3.8, 4) is 11.3 Å². The molecule has 0 unspecified atom stereocenters. The van der Waals surface area contributed by atoms with Crippen LogP contribution in [-0.4, -0.2) is 34.3 Å². The number of halogens is 4.